The molecule has 2 rings (SSSR count). The second-order valence-corrected chi connectivity index (χ2v) is 7.98. The van der Waals surface area contributed by atoms with Gasteiger partial charge in [-0.15, -0.1) is 0 Å². The molecule has 0 fully saturated rings. The quantitative estimate of drug-likeness (QED) is 0.250. The molecule has 0 aliphatic rings. The summed E-state index contributed by atoms with van der Waals surface area (Å²) in [7, 11) is -1.05. The summed E-state index contributed by atoms with van der Waals surface area (Å²) in [6.07, 6.45) is 23.4. The fourth-order valence-corrected chi connectivity index (χ4v) is 2.71. The monoisotopic (exact) mass is 430 g/mol. The fraction of sp³-hybridized carbons (Fsp3) is 0.700. The smallest absolute Gasteiger partial charge is 0.243 e. The van der Waals surface area contributed by atoms with Crippen LogP contribution in [0.5, 0.6) is 0 Å². The first-order chi connectivity index (χ1) is 13.7. The molecule has 2 aromatic rings. The maximum absolute atomic E-state index is 8.52. The molecular weight excluding hydrogens is 392 g/mol. The zero-order chi connectivity index (χ0) is 22.1. The second-order valence-electron chi connectivity index (χ2n) is 7.16. The zero-order valence-corrected chi connectivity index (χ0v) is 19.2. The Kier molecular flexibility index (Phi) is 15.2. The number of aryl methyl sites for hydroxylation is 4. The van der Waals surface area contributed by atoms with Crippen molar-refractivity contribution in [1.82, 2.24) is 9.13 Å². The van der Waals surface area contributed by atoms with Crippen LogP contribution in [0.15, 0.2) is 37.4 Å². The van der Waals surface area contributed by atoms with Crippen molar-refractivity contribution in [2.45, 2.75) is 78.3 Å². The molecule has 0 aromatic carbocycles. The van der Waals surface area contributed by atoms with E-state index in [1.165, 1.54) is 64.5 Å². The highest BCUT2D eigenvalue weighted by molar-refractivity contribution is 7.79. The fourth-order valence-electron chi connectivity index (χ4n) is 2.71. The molecule has 9 heteroatoms. The van der Waals surface area contributed by atoms with E-state index in [-0.39, 0.29) is 0 Å². The molecule has 0 N–H and O–H groups in total. The number of hydrogen-bond donors (Lipinski definition) is 0. The van der Waals surface area contributed by atoms with Crippen molar-refractivity contribution in [3.05, 3.63) is 37.4 Å². The van der Waals surface area contributed by atoms with Crippen LogP contribution in [-0.2, 0) is 37.6 Å². The first-order valence-corrected chi connectivity index (χ1v) is 11.7. The minimum Gasteiger partial charge on any atom is -0.759 e. The van der Waals surface area contributed by atoms with Crippen LogP contribution in [0.3, 0.4) is 0 Å². The molecule has 168 valence electrons. The molecule has 0 amide bonds. The van der Waals surface area contributed by atoms with E-state index in [4.69, 9.17) is 17.5 Å². The third-order valence-corrected chi connectivity index (χ3v) is 4.19. The Hall–Kier alpha value is -1.71. The molecule has 0 radical (unpaired) electrons. The summed E-state index contributed by atoms with van der Waals surface area (Å²) in [4.78, 5) is 0. The van der Waals surface area contributed by atoms with Gasteiger partial charge in [-0.3, -0.25) is 8.42 Å². The van der Waals surface area contributed by atoms with Crippen molar-refractivity contribution in [2.75, 3.05) is 0 Å². The van der Waals surface area contributed by atoms with Gasteiger partial charge >= 0.3 is 0 Å². The highest BCUT2D eigenvalue weighted by Gasteiger charge is 1.99. The number of aromatic nitrogens is 4. The lowest BCUT2D eigenvalue weighted by Gasteiger charge is -2.06. The normalized spacial score (nSPS) is 10.7. The van der Waals surface area contributed by atoms with Crippen LogP contribution < -0.4 is 9.13 Å². The largest absolute Gasteiger partial charge is 0.759 e. The summed E-state index contributed by atoms with van der Waals surface area (Å²) in [6.45, 7) is 6.83. The first kappa shape index (κ1) is 27.3. The Morgan fingerprint density at radius 3 is 1.31 bits per heavy atom. The van der Waals surface area contributed by atoms with Gasteiger partial charge in [0.25, 0.3) is 0 Å². The van der Waals surface area contributed by atoms with E-state index >= 15 is 0 Å². The van der Waals surface area contributed by atoms with Crippen molar-refractivity contribution in [1.29, 1.82) is 0 Å². The lowest BCUT2D eigenvalue weighted by molar-refractivity contribution is -0.671. The third-order valence-electron chi connectivity index (χ3n) is 4.19. The Labute approximate surface area is 176 Å². The van der Waals surface area contributed by atoms with Gasteiger partial charge in [0.15, 0.2) is 0 Å². The molecule has 0 aliphatic heterocycles. The van der Waals surface area contributed by atoms with Crippen molar-refractivity contribution in [2.24, 2.45) is 14.1 Å². The number of unbranched alkanes of at least 4 members (excludes halogenated alkanes) is 6. The molecule has 0 aliphatic carbocycles. The minimum absolute atomic E-state index is 1.17. The van der Waals surface area contributed by atoms with Gasteiger partial charge in [0.2, 0.25) is 12.7 Å². The van der Waals surface area contributed by atoms with Crippen molar-refractivity contribution < 1.29 is 26.7 Å². The van der Waals surface area contributed by atoms with Gasteiger partial charge in [0.1, 0.15) is 24.8 Å². The molecule has 2 aromatic heterocycles. The number of hydrogen-bond acceptors (Lipinski definition) is 4. The van der Waals surface area contributed by atoms with Crippen molar-refractivity contribution >= 4 is 10.4 Å². The highest BCUT2D eigenvalue weighted by Crippen LogP contribution is 2.01. The number of imidazole rings is 2. The van der Waals surface area contributed by atoms with E-state index in [0.29, 0.717) is 0 Å². The maximum Gasteiger partial charge on any atom is 0.243 e. The lowest BCUT2D eigenvalue weighted by atomic mass is 10.2. The summed E-state index contributed by atoms with van der Waals surface area (Å²) in [5.74, 6) is 0. The third kappa shape index (κ3) is 19.4. The Bertz CT molecular complexity index is 685. The molecule has 0 bridgehead atoms. The van der Waals surface area contributed by atoms with Gasteiger partial charge in [-0.05, 0) is 25.7 Å². The standard InChI is InChI=1S/2C10H19N2.H2O4S/c2*1-3-4-5-6-7-12-9-8-11(2)10-12;1-5(2,3)4/h2*8-10H,3-7H2,1-2H3;(H2,1,2,3,4)/q2*+1;/p-2. The SMILES string of the molecule is CCCCCCn1cc[n+](C)c1.CCCCCCn1cc[n+](C)c1.O=S(=O)([O-])[O-]. The van der Waals surface area contributed by atoms with E-state index in [2.05, 4.69) is 83.7 Å². The summed E-state index contributed by atoms with van der Waals surface area (Å²) in [5, 5.41) is 0. The van der Waals surface area contributed by atoms with Crippen LogP contribution in [0.25, 0.3) is 0 Å². The molecule has 8 nitrogen and oxygen atoms in total. The van der Waals surface area contributed by atoms with E-state index in [0.717, 1.165) is 0 Å². The van der Waals surface area contributed by atoms with Gasteiger partial charge in [0, 0.05) is 10.4 Å². The average molecular weight is 431 g/mol. The summed E-state index contributed by atoms with van der Waals surface area (Å²) in [6, 6.07) is 0. The first-order valence-electron chi connectivity index (χ1n) is 10.3. The molecule has 0 saturated carbocycles. The van der Waals surface area contributed by atoms with E-state index < -0.39 is 10.4 Å². The van der Waals surface area contributed by atoms with Crippen molar-refractivity contribution in [3.63, 3.8) is 0 Å². The molecule has 29 heavy (non-hydrogen) atoms. The van der Waals surface area contributed by atoms with Crippen LogP contribution in [0.1, 0.15) is 65.2 Å². The predicted molar refractivity (Wildman–Crippen MR) is 110 cm³/mol. The predicted octanol–water partition coefficient (Wildman–Crippen LogP) is 2.45. The lowest BCUT2D eigenvalue weighted by Crippen LogP contribution is -2.23. The molecule has 2 heterocycles. The van der Waals surface area contributed by atoms with Crippen LogP contribution >= 0.6 is 0 Å². The van der Waals surface area contributed by atoms with Gasteiger partial charge < -0.3 is 9.11 Å². The molecule has 0 atom stereocenters. The van der Waals surface area contributed by atoms with Gasteiger partial charge in [-0.1, -0.05) is 39.5 Å². The van der Waals surface area contributed by atoms with Gasteiger partial charge in [-0.25, -0.2) is 18.3 Å². The van der Waals surface area contributed by atoms with Gasteiger partial charge in [-0.2, -0.15) is 0 Å². The maximum atomic E-state index is 8.52. The van der Waals surface area contributed by atoms with Crippen LogP contribution in [-0.4, -0.2) is 26.7 Å². The second kappa shape index (κ2) is 16.1. The van der Waals surface area contributed by atoms with Crippen LogP contribution in [0.2, 0.25) is 0 Å². The summed E-state index contributed by atoms with van der Waals surface area (Å²) in [5.41, 5.74) is 0. The molecule has 0 spiro atoms. The molecular formula is C20H38N4O4S. The van der Waals surface area contributed by atoms with Crippen LogP contribution in [0.4, 0.5) is 0 Å². The van der Waals surface area contributed by atoms with Crippen molar-refractivity contribution in [3.8, 4) is 0 Å². The average Bonchev–Trinajstić information content (AvgIpc) is 3.23. The minimum atomic E-state index is -5.17. The van der Waals surface area contributed by atoms with E-state index in [9.17, 15) is 0 Å². The van der Waals surface area contributed by atoms with Gasteiger partial charge in [0.05, 0.1) is 27.2 Å². The zero-order valence-electron chi connectivity index (χ0n) is 18.4. The summed E-state index contributed by atoms with van der Waals surface area (Å²) < 4.78 is 42.7. The topological polar surface area (TPSA) is 97.9 Å². The van der Waals surface area contributed by atoms with Crippen LogP contribution in [0, 0.1) is 0 Å². The number of rotatable bonds is 10. The molecule has 0 unspecified atom stereocenters. The Balaban J connectivity index is 0.000000442. The Morgan fingerprint density at radius 2 is 1.07 bits per heavy atom. The van der Waals surface area contributed by atoms with E-state index in [1.807, 2.05) is 0 Å². The number of nitrogens with zero attached hydrogens (tertiary/aromatic N) is 4. The summed E-state index contributed by atoms with van der Waals surface area (Å²) >= 11 is 0. The highest BCUT2D eigenvalue weighted by atomic mass is 32.3. The molecule has 0 saturated heterocycles. The van der Waals surface area contributed by atoms with E-state index in [1.54, 1.807) is 0 Å². The Morgan fingerprint density at radius 1 is 0.724 bits per heavy atom.